The lowest BCUT2D eigenvalue weighted by Gasteiger charge is -2.32. The molecule has 1 aliphatic carbocycles. The highest BCUT2D eigenvalue weighted by atomic mass is 16.5. The van der Waals surface area contributed by atoms with Crippen LogP contribution in [0.25, 0.3) is 0 Å². The molecule has 1 atom stereocenters. The standard InChI is InChI=1S/C21H31N5O3/c1-15-13-17(23-25(15)2)21(27)26-11-6-5-9-18(26)20-22-19(24-29-20)10-12-28-14-16-7-3-4-8-16/h13,16,18H,3-12,14H2,1-2H3. The number of piperidine rings is 1. The zero-order chi connectivity index (χ0) is 20.2. The van der Waals surface area contributed by atoms with Crippen LogP contribution in [-0.2, 0) is 18.2 Å². The van der Waals surface area contributed by atoms with E-state index in [4.69, 9.17) is 9.26 Å². The van der Waals surface area contributed by atoms with Crippen molar-refractivity contribution in [3.8, 4) is 0 Å². The van der Waals surface area contributed by atoms with Crippen molar-refractivity contribution in [2.45, 2.75) is 64.3 Å². The van der Waals surface area contributed by atoms with Gasteiger partial charge >= 0.3 is 0 Å². The maximum atomic E-state index is 13.0. The first-order valence-electron chi connectivity index (χ1n) is 10.8. The van der Waals surface area contributed by atoms with Crippen LogP contribution < -0.4 is 0 Å². The number of ether oxygens (including phenoxy) is 1. The van der Waals surface area contributed by atoms with E-state index in [2.05, 4.69) is 15.2 Å². The molecule has 8 nitrogen and oxygen atoms in total. The zero-order valence-corrected chi connectivity index (χ0v) is 17.5. The summed E-state index contributed by atoms with van der Waals surface area (Å²) in [6.45, 7) is 4.06. The molecule has 158 valence electrons. The Balaban J connectivity index is 1.36. The minimum absolute atomic E-state index is 0.0713. The molecule has 2 fully saturated rings. The fraction of sp³-hybridized carbons (Fsp3) is 0.714. The van der Waals surface area contributed by atoms with Crippen molar-refractivity contribution in [1.82, 2.24) is 24.8 Å². The summed E-state index contributed by atoms with van der Waals surface area (Å²) in [6, 6.07) is 1.65. The van der Waals surface area contributed by atoms with Gasteiger partial charge in [-0.25, -0.2) is 0 Å². The van der Waals surface area contributed by atoms with Crippen molar-refractivity contribution in [3.63, 3.8) is 0 Å². The first-order chi connectivity index (χ1) is 14.1. The molecule has 8 heteroatoms. The Hall–Kier alpha value is -2.22. The molecule has 1 saturated heterocycles. The van der Waals surface area contributed by atoms with Crippen molar-refractivity contribution in [1.29, 1.82) is 0 Å². The fourth-order valence-electron chi connectivity index (χ4n) is 4.34. The van der Waals surface area contributed by atoms with Crippen LogP contribution in [0, 0.1) is 12.8 Å². The van der Waals surface area contributed by atoms with Crippen LogP contribution in [0.3, 0.4) is 0 Å². The zero-order valence-electron chi connectivity index (χ0n) is 17.5. The second-order valence-electron chi connectivity index (χ2n) is 8.33. The lowest BCUT2D eigenvalue weighted by Crippen LogP contribution is -2.39. The van der Waals surface area contributed by atoms with Crippen LogP contribution in [0.1, 0.15) is 78.9 Å². The number of rotatable bonds is 7. The van der Waals surface area contributed by atoms with Gasteiger partial charge in [0.25, 0.3) is 5.91 Å². The van der Waals surface area contributed by atoms with Crippen molar-refractivity contribution >= 4 is 5.91 Å². The molecule has 2 aromatic rings. The summed E-state index contributed by atoms with van der Waals surface area (Å²) in [5.74, 6) is 1.82. The second-order valence-corrected chi connectivity index (χ2v) is 8.33. The first kappa shape index (κ1) is 20.1. The van der Waals surface area contributed by atoms with E-state index in [0.717, 1.165) is 31.6 Å². The predicted octanol–water partition coefficient (Wildman–Crippen LogP) is 3.23. The van der Waals surface area contributed by atoms with Crippen LogP contribution >= 0.6 is 0 Å². The van der Waals surface area contributed by atoms with Gasteiger partial charge in [-0.2, -0.15) is 10.1 Å². The quantitative estimate of drug-likeness (QED) is 0.662. The molecule has 1 saturated carbocycles. The Labute approximate surface area is 171 Å². The van der Waals surface area contributed by atoms with Crippen molar-refractivity contribution < 1.29 is 14.1 Å². The van der Waals surface area contributed by atoms with E-state index in [-0.39, 0.29) is 11.9 Å². The van der Waals surface area contributed by atoms with Crippen molar-refractivity contribution in [2.24, 2.45) is 13.0 Å². The van der Waals surface area contributed by atoms with Crippen molar-refractivity contribution in [2.75, 3.05) is 19.8 Å². The summed E-state index contributed by atoms with van der Waals surface area (Å²) in [4.78, 5) is 19.4. The Bertz CT molecular complexity index is 805. The number of likely N-dealkylation sites (tertiary alicyclic amines) is 1. The number of hydrogen-bond acceptors (Lipinski definition) is 6. The first-order valence-corrected chi connectivity index (χ1v) is 10.8. The predicted molar refractivity (Wildman–Crippen MR) is 106 cm³/mol. The van der Waals surface area contributed by atoms with Crippen molar-refractivity contribution in [3.05, 3.63) is 29.2 Å². The maximum absolute atomic E-state index is 13.0. The molecule has 0 spiro atoms. The van der Waals surface area contributed by atoms with E-state index >= 15 is 0 Å². The van der Waals surface area contributed by atoms with Gasteiger partial charge in [0.1, 0.15) is 6.04 Å². The number of nitrogens with zero attached hydrogens (tertiary/aromatic N) is 5. The minimum atomic E-state index is -0.181. The summed E-state index contributed by atoms with van der Waals surface area (Å²) >= 11 is 0. The molecule has 1 amide bonds. The van der Waals surface area contributed by atoms with Gasteiger partial charge in [0.2, 0.25) is 5.89 Å². The summed E-state index contributed by atoms with van der Waals surface area (Å²) in [5, 5.41) is 8.47. The Kier molecular flexibility index (Phi) is 6.28. The number of aromatic nitrogens is 4. The Morgan fingerprint density at radius 1 is 1.24 bits per heavy atom. The Morgan fingerprint density at radius 3 is 2.79 bits per heavy atom. The van der Waals surface area contributed by atoms with Gasteiger partial charge in [-0.1, -0.05) is 18.0 Å². The highest BCUT2D eigenvalue weighted by Crippen LogP contribution is 2.31. The molecule has 1 unspecified atom stereocenters. The molecule has 1 aliphatic heterocycles. The van der Waals surface area contributed by atoms with E-state index in [1.807, 2.05) is 24.9 Å². The van der Waals surface area contributed by atoms with Crippen LogP contribution in [-0.4, -0.2) is 50.5 Å². The second kappa shape index (κ2) is 9.07. The molecular weight excluding hydrogens is 370 g/mol. The summed E-state index contributed by atoms with van der Waals surface area (Å²) < 4.78 is 13.1. The van der Waals surface area contributed by atoms with E-state index in [0.29, 0.717) is 42.9 Å². The van der Waals surface area contributed by atoms with Gasteiger partial charge < -0.3 is 14.2 Å². The Morgan fingerprint density at radius 2 is 2.03 bits per heavy atom. The SMILES string of the molecule is Cc1cc(C(=O)N2CCCCC2c2nc(CCOCC3CCCC3)no2)nn1C. The molecule has 0 radical (unpaired) electrons. The van der Waals surface area contributed by atoms with E-state index < -0.39 is 0 Å². The molecule has 0 N–H and O–H groups in total. The summed E-state index contributed by atoms with van der Waals surface area (Å²) in [5.41, 5.74) is 1.43. The number of carbonyl (C=O) groups is 1. The average molecular weight is 402 g/mol. The van der Waals surface area contributed by atoms with Crippen LogP contribution in [0.2, 0.25) is 0 Å². The maximum Gasteiger partial charge on any atom is 0.275 e. The van der Waals surface area contributed by atoms with Crippen LogP contribution in [0.4, 0.5) is 0 Å². The van der Waals surface area contributed by atoms with Gasteiger partial charge in [-0.15, -0.1) is 0 Å². The highest BCUT2D eigenvalue weighted by Gasteiger charge is 2.33. The molecule has 4 rings (SSSR count). The van der Waals surface area contributed by atoms with Gasteiger partial charge in [-0.05, 0) is 51.0 Å². The van der Waals surface area contributed by atoms with E-state index in [1.165, 1.54) is 25.7 Å². The van der Waals surface area contributed by atoms with Gasteiger partial charge in [0.15, 0.2) is 11.5 Å². The average Bonchev–Trinajstić information content (AvgIpc) is 3.47. The fourth-order valence-corrected chi connectivity index (χ4v) is 4.34. The molecule has 29 heavy (non-hydrogen) atoms. The summed E-state index contributed by atoms with van der Waals surface area (Å²) in [7, 11) is 1.85. The molecule has 2 aliphatic rings. The number of carbonyl (C=O) groups excluding carboxylic acids is 1. The van der Waals surface area contributed by atoms with E-state index in [1.54, 1.807) is 4.68 Å². The molecular formula is C21H31N5O3. The topological polar surface area (TPSA) is 86.3 Å². The molecule has 0 aromatic carbocycles. The third kappa shape index (κ3) is 4.69. The highest BCUT2D eigenvalue weighted by molar-refractivity contribution is 5.92. The van der Waals surface area contributed by atoms with Gasteiger partial charge in [0, 0.05) is 32.3 Å². The molecule has 0 bridgehead atoms. The smallest absolute Gasteiger partial charge is 0.275 e. The lowest BCUT2D eigenvalue weighted by molar-refractivity contribution is 0.0554. The van der Waals surface area contributed by atoms with Gasteiger partial charge in [-0.3, -0.25) is 9.48 Å². The third-order valence-corrected chi connectivity index (χ3v) is 6.16. The monoisotopic (exact) mass is 401 g/mol. The minimum Gasteiger partial charge on any atom is -0.381 e. The van der Waals surface area contributed by atoms with Crippen LogP contribution in [0.15, 0.2) is 10.6 Å². The number of amides is 1. The number of aryl methyl sites for hydroxylation is 2. The van der Waals surface area contributed by atoms with Crippen LogP contribution in [0.5, 0.6) is 0 Å². The third-order valence-electron chi connectivity index (χ3n) is 6.16. The van der Waals surface area contributed by atoms with E-state index in [9.17, 15) is 4.79 Å². The normalized spacial score (nSPS) is 20.5. The lowest BCUT2D eigenvalue weighted by atomic mass is 10.0. The molecule has 3 heterocycles. The van der Waals surface area contributed by atoms with Gasteiger partial charge in [0.05, 0.1) is 6.61 Å². The molecule has 2 aromatic heterocycles. The number of hydrogen-bond donors (Lipinski definition) is 0. The summed E-state index contributed by atoms with van der Waals surface area (Å²) in [6.07, 6.45) is 8.71. The largest absolute Gasteiger partial charge is 0.381 e.